The maximum Gasteiger partial charge on any atom is 0.227 e. The van der Waals surface area contributed by atoms with E-state index in [2.05, 4.69) is 50.5 Å². The number of hydrogen-bond acceptors (Lipinski definition) is 3. The molecule has 0 aliphatic rings. The Balaban J connectivity index is 1.56. The molecule has 4 aromatic rings. The van der Waals surface area contributed by atoms with Gasteiger partial charge in [-0.05, 0) is 29.3 Å². The smallest absolute Gasteiger partial charge is 0.227 e. The maximum atomic E-state index is 12.8. The molecule has 1 heterocycles. The number of carbonyl (C=O) groups excluding carboxylic acids is 1. The van der Waals surface area contributed by atoms with E-state index in [0.29, 0.717) is 11.6 Å². The zero-order valence-electron chi connectivity index (χ0n) is 14.4. The second-order valence-corrected chi connectivity index (χ2v) is 8.20. The van der Waals surface area contributed by atoms with Crippen LogP contribution in [0.4, 0.5) is 5.13 Å². The Morgan fingerprint density at radius 2 is 1.59 bits per heavy atom. The van der Waals surface area contributed by atoms with Gasteiger partial charge in [0, 0.05) is 16.8 Å². The van der Waals surface area contributed by atoms with E-state index in [-0.39, 0.29) is 11.8 Å². The molecule has 0 radical (unpaired) electrons. The minimum atomic E-state index is -0.0363. The molecule has 0 atom stereocenters. The summed E-state index contributed by atoms with van der Waals surface area (Å²) in [5.41, 5.74) is 3.15. The van der Waals surface area contributed by atoms with Crippen LogP contribution >= 0.6 is 27.3 Å². The molecule has 0 saturated heterocycles. The summed E-state index contributed by atoms with van der Waals surface area (Å²) in [5.74, 6) is -0.0262. The minimum Gasteiger partial charge on any atom is -0.302 e. The molecule has 3 nitrogen and oxygen atoms in total. The van der Waals surface area contributed by atoms with E-state index in [9.17, 15) is 4.79 Å². The zero-order chi connectivity index (χ0) is 18.6. The molecule has 0 aliphatic carbocycles. The predicted octanol–water partition coefficient (Wildman–Crippen LogP) is 6.22. The Morgan fingerprint density at radius 3 is 2.22 bits per heavy atom. The normalized spacial score (nSPS) is 11.0. The highest BCUT2D eigenvalue weighted by molar-refractivity contribution is 9.10. The molecule has 1 amide bonds. The third kappa shape index (κ3) is 4.26. The number of hydrogen-bond donors (Lipinski definition) is 1. The van der Waals surface area contributed by atoms with Gasteiger partial charge in [-0.3, -0.25) is 4.79 Å². The molecule has 0 unspecified atom stereocenters. The average Bonchev–Trinajstić information content (AvgIpc) is 3.08. The van der Waals surface area contributed by atoms with Crippen molar-refractivity contribution in [2.45, 2.75) is 12.3 Å². The molecule has 4 rings (SSSR count). The first-order valence-electron chi connectivity index (χ1n) is 8.65. The molecule has 1 N–H and O–H groups in total. The summed E-state index contributed by atoms with van der Waals surface area (Å²) < 4.78 is 2.05. The summed E-state index contributed by atoms with van der Waals surface area (Å²) >= 11 is 4.95. The van der Waals surface area contributed by atoms with Gasteiger partial charge in [-0.2, -0.15) is 0 Å². The number of carbonyl (C=O) groups is 1. The van der Waals surface area contributed by atoms with Crippen LogP contribution in [0.1, 0.15) is 23.5 Å². The van der Waals surface area contributed by atoms with E-state index in [0.717, 1.165) is 25.8 Å². The Kier molecular flexibility index (Phi) is 5.32. The van der Waals surface area contributed by atoms with Crippen molar-refractivity contribution in [3.05, 3.63) is 94.5 Å². The van der Waals surface area contributed by atoms with Crippen LogP contribution in [0.25, 0.3) is 10.2 Å². The lowest BCUT2D eigenvalue weighted by Gasteiger charge is -2.17. The molecule has 3 aromatic carbocycles. The second kappa shape index (κ2) is 8.03. The Labute approximate surface area is 170 Å². The summed E-state index contributed by atoms with van der Waals surface area (Å²) in [6.07, 6.45) is 0.369. The lowest BCUT2D eigenvalue weighted by Crippen LogP contribution is -2.16. The Hall–Kier alpha value is -2.50. The number of aromatic nitrogens is 1. The van der Waals surface area contributed by atoms with Crippen LogP contribution in [-0.4, -0.2) is 10.9 Å². The second-order valence-electron chi connectivity index (χ2n) is 6.26. The molecule has 0 saturated carbocycles. The van der Waals surface area contributed by atoms with E-state index >= 15 is 0 Å². The van der Waals surface area contributed by atoms with Gasteiger partial charge >= 0.3 is 0 Å². The summed E-state index contributed by atoms with van der Waals surface area (Å²) in [5, 5.41) is 3.61. The summed E-state index contributed by atoms with van der Waals surface area (Å²) in [6, 6.07) is 26.2. The van der Waals surface area contributed by atoms with Crippen LogP contribution < -0.4 is 5.32 Å². The van der Waals surface area contributed by atoms with Gasteiger partial charge < -0.3 is 5.32 Å². The van der Waals surface area contributed by atoms with Gasteiger partial charge in [0.05, 0.1) is 10.2 Å². The van der Waals surface area contributed by atoms with Crippen molar-refractivity contribution in [2.75, 3.05) is 5.32 Å². The summed E-state index contributed by atoms with van der Waals surface area (Å²) in [7, 11) is 0. The number of anilines is 1. The Morgan fingerprint density at radius 1 is 0.963 bits per heavy atom. The van der Waals surface area contributed by atoms with E-state index in [4.69, 9.17) is 0 Å². The fourth-order valence-corrected chi connectivity index (χ4v) is 4.54. The maximum absolute atomic E-state index is 12.8. The van der Waals surface area contributed by atoms with Gasteiger partial charge in [0.2, 0.25) is 5.91 Å². The fourth-order valence-electron chi connectivity index (χ4n) is 3.11. The standard InChI is InChI=1S/C22H17BrN2OS/c23-17-11-12-19-20(13-17)27-22(24-19)25-21(26)14-18(15-7-3-1-4-8-15)16-9-5-2-6-10-16/h1-13,18H,14H2,(H,24,25,26). The minimum absolute atomic E-state index is 0.0101. The highest BCUT2D eigenvalue weighted by atomic mass is 79.9. The molecular weight excluding hydrogens is 420 g/mol. The third-order valence-corrected chi connectivity index (χ3v) is 5.82. The number of nitrogens with zero attached hydrogens (tertiary/aromatic N) is 1. The number of amides is 1. The van der Waals surface area contributed by atoms with Gasteiger partial charge in [-0.1, -0.05) is 87.9 Å². The molecular formula is C22H17BrN2OS. The van der Waals surface area contributed by atoms with Crippen molar-refractivity contribution in [2.24, 2.45) is 0 Å². The van der Waals surface area contributed by atoms with E-state index in [1.165, 1.54) is 11.3 Å². The van der Waals surface area contributed by atoms with Crippen molar-refractivity contribution in [1.82, 2.24) is 4.98 Å². The van der Waals surface area contributed by atoms with Crippen LogP contribution in [0.5, 0.6) is 0 Å². The molecule has 134 valence electrons. The van der Waals surface area contributed by atoms with Gasteiger partial charge in [0.15, 0.2) is 5.13 Å². The number of rotatable bonds is 5. The molecule has 0 bridgehead atoms. The first-order chi connectivity index (χ1) is 13.2. The zero-order valence-corrected chi connectivity index (χ0v) is 16.8. The van der Waals surface area contributed by atoms with Gasteiger partial charge in [0.25, 0.3) is 0 Å². The van der Waals surface area contributed by atoms with Crippen molar-refractivity contribution in [1.29, 1.82) is 0 Å². The van der Waals surface area contributed by atoms with Crippen LogP contribution in [0.2, 0.25) is 0 Å². The largest absolute Gasteiger partial charge is 0.302 e. The van der Waals surface area contributed by atoms with Crippen LogP contribution in [0.15, 0.2) is 83.3 Å². The molecule has 0 fully saturated rings. The molecule has 27 heavy (non-hydrogen) atoms. The highest BCUT2D eigenvalue weighted by Gasteiger charge is 2.19. The average molecular weight is 437 g/mol. The van der Waals surface area contributed by atoms with E-state index in [1.54, 1.807) is 0 Å². The molecule has 5 heteroatoms. The third-order valence-electron chi connectivity index (χ3n) is 4.39. The summed E-state index contributed by atoms with van der Waals surface area (Å²) in [4.78, 5) is 17.3. The predicted molar refractivity (Wildman–Crippen MR) is 115 cm³/mol. The van der Waals surface area contributed by atoms with Gasteiger partial charge in [0.1, 0.15) is 0 Å². The number of thiazole rings is 1. The molecule has 0 spiro atoms. The SMILES string of the molecule is O=C(CC(c1ccccc1)c1ccccc1)Nc1nc2ccc(Br)cc2s1. The number of benzene rings is 3. The fraction of sp³-hybridized carbons (Fsp3) is 0.0909. The van der Waals surface area contributed by atoms with Gasteiger partial charge in [-0.25, -0.2) is 4.98 Å². The van der Waals surface area contributed by atoms with Crippen LogP contribution in [0.3, 0.4) is 0 Å². The van der Waals surface area contributed by atoms with Gasteiger partial charge in [-0.15, -0.1) is 0 Å². The molecule has 0 aliphatic heterocycles. The van der Waals surface area contributed by atoms with E-state index < -0.39 is 0 Å². The van der Waals surface area contributed by atoms with Crippen molar-refractivity contribution >= 4 is 48.5 Å². The quantitative estimate of drug-likeness (QED) is 0.403. The first-order valence-corrected chi connectivity index (χ1v) is 10.3. The number of fused-ring (bicyclic) bond motifs is 1. The lowest BCUT2D eigenvalue weighted by molar-refractivity contribution is -0.116. The van der Waals surface area contributed by atoms with Crippen LogP contribution in [-0.2, 0) is 4.79 Å². The molecule has 1 aromatic heterocycles. The van der Waals surface area contributed by atoms with Crippen LogP contribution in [0, 0.1) is 0 Å². The Bertz CT molecular complexity index is 1020. The lowest BCUT2D eigenvalue weighted by atomic mass is 9.88. The monoisotopic (exact) mass is 436 g/mol. The van der Waals surface area contributed by atoms with Crippen molar-refractivity contribution < 1.29 is 4.79 Å². The van der Waals surface area contributed by atoms with E-state index in [1.807, 2.05) is 54.6 Å². The first kappa shape index (κ1) is 17.9. The van der Waals surface area contributed by atoms with Crippen molar-refractivity contribution in [3.8, 4) is 0 Å². The summed E-state index contributed by atoms with van der Waals surface area (Å²) in [6.45, 7) is 0. The number of halogens is 1. The number of nitrogens with one attached hydrogen (secondary N) is 1. The topological polar surface area (TPSA) is 42.0 Å². The highest BCUT2D eigenvalue weighted by Crippen LogP contribution is 2.31. The van der Waals surface area contributed by atoms with Crippen molar-refractivity contribution in [3.63, 3.8) is 0 Å².